The molecule has 144 valence electrons. The molecule has 0 atom stereocenters. The topological polar surface area (TPSA) is 56.7 Å². The molecule has 0 fully saturated rings. The van der Waals surface area contributed by atoms with E-state index in [0.29, 0.717) is 16.0 Å². The highest BCUT2D eigenvalue weighted by atomic mass is 35.5. The average molecular weight is 423 g/mol. The lowest BCUT2D eigenvalue weighted by Crippen LogP contribution is -2.04. The van der Waals surface area contributed by atoms with E-state index in [2.05, 4.69) is 29.1 Å². The number of hydrogen-bond acceptors (Lipinski definition) is 4. The monoisotopic (exact) mass is 422 g/mol. The first-order valence-corrected chi connectivity index (χ1v) is 10.2. The van der Waals surface area contributed by atoms with E-state index >= 15 is 0 Å². The molecule has 2 heterocycles. The summed E-state index contributed by atoms with van der Waals surface area (Å²) in [7, 11) is 1.50. The molecule has 0 saturated heterocycles. The molecule has 0 spiro atoms. The number of benzene rings is 1. The number of aromatic nitrogens is 3. The van der Waals surface area contributed by atoms with Crippen molar-refractivity contribution in [2.45, 2.75) is 43.2 Å². The van der Waals surface area contributed by atoms with Crippen LogP contribution < -0.4 is 5.73 Å². The van der Waals surface area contributed by atoms with Crippen LogP contribution in [0.5, 0.6) is 0 Å². The second kappa shape index (κ2) is 10.1. The Kier molecular flexibility index (Phi) is 8.17. The lowest BCUT2D eigenvalue weighted by molar-refractivity contribution is 0.689. The van der Waals surface area contributed by atoms with Gasteiger partial charge in [0.25, 0.3) is 0 Å². The van der Waals surface area contributed by atoms with E-state index in [4.69, 9.17) is 28.2 Å². The molecule has 27 heavy (non-hydrogen) atoms. The number of aryl methyl sites for hydroxylation is 1. The van der Waals surface area contributed by atoms with Crippen LogP contribution in [0.4, 0.5) is 0 Å². The van der Waals surface area contributed by atoms with Gasteiger partial charge in [0.1, 0.15) is 10.9 Å². The molecule has 0 bridgehead atoms. The molecule has 0 saturated carbocycles. The standard InChI is InChI=1S/C19H19Cl2N3S.CH5N/c1-12(2)18-19(25-17-9-15(20)8-16(21)10-17)24(13(3)23-18)11-14-4-6-22-7-5-14;1-2/h4-10,12H,11H2,1-3H3;2H2,1H3. The van der Waals surface area contributed by atoms with Crippen LogP contribution >= 0.6 is 35.0 Å². The SMILES string of the molecule is CN.Cc1nc(C(C)C)c(Sc2cc(Cl)cc(Cl)c2)n1Cc1ccncc1. The smallest absolute Gasteiger partial charge is 0.107 e. The maximum Gasteiger partial charge on any atom is 0.107 e. The lowest BCUT2D eigenvalue weighted by Gasteiger charge is -2.13. The number of pyridine rings is 1. The van der Waals surface area contributed by atoms with Crippen LogP contribution in [0.3, 0.4) is 0 Å². The van der Waals surface area contributed by atoms with Crippen LogP contribution in [-0.4, -0.2) is 21.6 Å². The van der Waals surface area contributed by atoms with Crippen LogP contribution in [-0.2, 0) is 6.54 Å². The van der Waals surface area contributed by atoms with E-state index in [1.807, 2.05) is 43.6 Å². The van der Waals surface area contributed by atoms with Crippen LogP contribution in [0, 0.1) is 6.92 Å². The van der Waals surface area contributed by atoms with Crippen molar-refractivity contribution in [3.63, 3.8) is 0 Å². The normalized spacial score (nSPS) is 10.7. The summed E-state index contributed by atoms with van der Waals surface area (Å²) in [6, 6.07) is 9.66. The summed E-state index contributed by atoms with van der Waals surface area (Å²) in [5.41, 5.74) is 6.78. The van der Waals surface area contributed by atoms with Crippen LogP contribution in [0.2, 0.25) is 10.0 Å². The third-order valence-electron chi connectivity index (χ3n) is 3.82. The molecule has 7 heteroatoms. The third-order valence-corrected chi connectivity index (χ3v) is 5.36. The molecule has 2 N–H and O–H groups in total. The van der Waals surface area contributed by atoms with Crippen molar-refractivity contribution in [1.29, 1.82) is 0 Å². The Morgan fingerprint density at radius 2 is 1.67 bits per heavy atom. The van der Waals surface area contributed by atoms with Gasteiger partial charge in [0.05, 0.1) is 5.69 Å². The molecule has 0 amide bonds. The molecule has 1 aromatic carbocycles. The zero-order valence-electron chi connectivity index (χ0n) is 15.9. The Hall–Kier alpha value is -1.53. The highest BCUT2D eigenvalue weighted by Crippen LogP contribution is 2.37. The predicted molar refractivity (Wildman–Crippen MR) is 115 cm³/mol. The first kappa shape index (κ1) is 21.8. The molecule has 2 aromatic heterocycles. The van der Waals surface area contributed by atoms with Gasteiger partial charge in [-0.1, -0.05) is 48.8 Å². The number of rotatable bonds is 5. The molecule has 0 aliphatic heterocycles. The Morgan fingerprint density at radius 3 is 2.22 bits per heavy atom. The Bertz CT molecular complexity index is 859. The maximum atomic E-state index is 6.17. The van der Waals surface area contributed by atoms with Gasteiger partial charge in [-0.05, 0) is 55.8 Å². The molecule has 0 radical (unpaired) electrons. The van der Waals surface area contributed by atoms with Gasteiger partial charge in [0.15, 0.2) is 0 Å². The van der Waals surface area contributed by atoms with E-state index in [1.54, 1.807) is 17.8 Å². The minimum Gasteiger partial charge on any atom is -0.333 e. The maximum absolute atomic E-state index is 6.17. The molecule has 0 unspecified atom stereocenters. The number of nitrogens with zero attached hydrogens (tertiary/aromatic N) is 3. The van der Waals surface area contributed by atoms with E-state index in [9.17, 15) is 0 Å². The fourth-order valence-electron chi connectivity index (χ4n) is 2.61. The Labute approximate surface area is 175 Å². The molecular formula is C20H24Cl2N4S. The molecule has 3 aromatic rings. The van der Waals surface area contributed by atoms with Gasteiger partial charge in [0.2, 0.25) is 0 Å². The zero-order chi connectivity index (χ0) is 20.0. The molecule has 3 rings (SSSR count). The fraction of sp³-hybridized carbons (Fsp3) is 0.300. The number of halogens is 2. The Balaban J connectivity index is 0.00000126. The van der Waals surface area contributed by atoms with Gasteiger partial charge in [-0.2, -0.15) is 0 Å². The van der Waals surface area contributed by atoms with Gasteiger partial charge in [-0.3, -0.25) is 4.98 Å². The predicted octanol–water partition coefficient (Wildman–Crippen LogP) is 5.79. The second-order valence-corrected chi connectivity index (χ2v) is 8.09. The third kappa shape index (κ3) is 5.72. The van der Waals surface area contributed by atoms with Crippen LogP contribution in [0.15, 0.2) is 52.6 Å². The number of nitrogens with two attached hydrogens (primary N) is 1. The first-order valence-electron chi connectivity index (χ1n) is 8.61. The van der Waals surface area contributed by atoms with Gasteiger partial charge in [-0.15, -0.1) is 0 Å². The van der Waals surface area contributed by atoms with Crippen molar-refractivity contribution in [1.82, 2.24) is 14.5 Å². The quantitative estimate of drug-likeness (QED) is 0.564. The van der Waals surface area contributed by atoms with Crippen LogP contribution in [0.1, 0.15) is 36.8 Å². The minimum absolute atomic E-state index is 0.328. The fourth-order valence-corrected chi connectivity index (χ4v) is 4.55. The summed E-state index contributed by atoms with van der Waals surface area (Å²) >= 11 is 14.0. The number of imidazole rings is 1. The zero-order valence-corrected chi connectivity index (χ0v) is 18.2. The minimum atomic E-state index is 0.328. The van der Waals surface area contributed by atoms with Crippen molar-refractivity contribution in [3.8, 4) is 0 Å². The largest absolute Gasteiger partial charge is 0.333 e. The first-order chi connectivity index (χ1) is 12.9. The second-order valence-electron chi connectivity index (χ2n) is 6.15. The summed E-state index contributed by atoms with van der Waals surface area (Å²) in [6.07, 6.45) is 3.63. The van der Waals surface area contributed by atoms with Crippen molar-refractivity contribution in [2.75, 3.05) is 7.05 Å². The van der Waals surface area contributed by atoms with E-state index < -0.39 is 0 Å². The summed E-state index contributed by atoms with van der Waals surface area (Å²) in [5.74, 6) is 1.32. The van der Waals surface area contributed by atoms with E-state index in [1.165, 1.54) is 12.6 Å². The summed E-state index contributed by atoms with van der Waals surface area (Å²) in [4.78, 5) is 9.91. The van der Waals surface area contributed by atoms with Gasteiger partial charge in [0, 0.05) is 33.9 Å². The van der Waals surface area contributed by atoms with Gasteiger partial charge >= 0.3 is 0 Å². The van der Waals surface area contributed by atoms with Crippen molar-refractivity contribution < 1.29 is 0 Å². The van der Waals surface area contributed by atoms with E-state index in [0.717, 1.165) is 28.0 Å². The summed E-state index contributed by atoms with van der Waals surface area (Å²) in [5, 5.41) is 2.40. The van der Waals surface area contributed by atoms with Gasteiger partial charge < -0.3 is 10.3 Å². The molecule has 0 aliphatic carbocycles. The average Bonchev–Trinajstić information content (AvgIpc) is 2.93. The number of hydrogen-bond donors (Lipinski definition) is 1. The van der Waals surface area contributed by atoms with Gasteiger partial charge in [-0.25, -0.2) is 4.98 Å². The molecular weight excluding hydrogens is 399 g/mol. The lowest BCUT2D eigenvalue weighted by atomic mass is 10.1. The summed E-state index contributed by atoms with van der Waals surface area (Å²) < 4.78 is 2.24. The molecule has 4 nitrogen and oxygen atoms in total. The summed E-state index contributed by atoms with van der Waals surface area (Å²) in [6.45, 7) is 7.12. The van der Waals surface area contributed by atoms with Crippen molar-refractivity contribution >= 4 is 35.0 Å². The van der Waals surface area contributed by atoms with Crippen molar-refractivity contribution in [3.05, 3.63) is 69.9 Å². The van der Waals surface area contributed by atoms with E-state index in [-0.39, 0.29) is 0 Å². The van der Waals surface area contributed by atoms with Crippen LogP contribution in [0.25, 0.3) is 0 Å². The molecule has 0 aliphatic rings. The Morgan fingerprint density at radius 1 is 1.07 bits per heavy atom. The highest BCUT2D eigenvalue weighted by molar-refractivity contribution is 7.99. The highest BCUT2D eigenvalue weighted by Gasteiger charge is 2.19. The van der Waals surface area contributed by atoms with Crippen molar-refractivity contribution in [2.24, 2.45) is 5.73 Å².